The van der Waals surface area contributed by atoms with Gasteiger partial charge in [-0.15, -0.1) is 0 Å². The average molecular weight is 520 g/mol. The predicted octanol–water partition coefficient (Wildman–Crippen LogP) is 6.19. The lowest BCUT2D eigenvalue weighted by Gasteiger charge is -2.21. The Kier molecular flexibility index (Phi) is 9.14. The van der Waals surface area contributed by atoms with Gasteiger partial charge in [0.1, 0.15) is 5.82 Å². The number of nitrogens with zero attached hydrogens (tertiary/aromatic N) is 2. The number of aromatic nitrogens is 1. The highest BCUT2D eigenvalue weighted by Crippen LogP contribution is 2.27. The molecule has 8 heteroatoms. The van der Waals surface area contributed by atoms with Gasteiger partial charge in [-0.05, 0) is 80.3 Å². The number of hydrogen-bond acceptors (Lipinski definition) is 6. The van der Waals surface area contributed by atoms with Crippen LogP contribution in [0.2, 0.25) is 5.02 Å². The second-order valence-electron chi connectivity index (χ2n) is 9.41. The van der Waals surface area contributed by atoms with Crippen molar-refractivity contribution in [2.45, 2.75) is 45.7 Å². The number of rotatable bonds is 10. The average Bonchev–Trinajstić information content (AvgIpc) is 3.30. The fourth-order valence-corrected chi connectivity index (χ4v) is 4.65. The van der Waals surface area contributed by atoms with Crippen LogP contribution in [0.1, 0.15) is 44.2 Å². The van der Waals surface area contributed by atoms with Crippen LogP contribution in [0.25, 0.3) is 11.1 Å². The molecule has 1 aromatic heterocycles. The number of pyridine rings is 1. The molecule has 1 saturated heterocycles. The quantitative estimate of drug-likeness (QED) is 0.169. The topological polar surface area (TPSA) is 90.3 Å². The normalized spacial score (nSPS) is 15.4. The van der Waals surface area contributed by atoms with Crippen molar-refractivity contribution in [3.05, 3.63) is 76.9 Å². The van der Waals surface area contributed by atoms with E-state index in [2.05, 4.69) is 27.4 Å². The number of amides is 1. The van der Waals surface area contributed by atoms with Crippen LogP contribution < -0.4 is 10.6 Å². The number of hydrogen-bond donors (Lipinski definition) is 3. The molecule has 37 heavy (non-hydrogen) atoms. The maximum Gasteiger partial charge on any atom is 0.222 e. The molecule has 0 saturated carbocycles. The molecule has 2 aromatic carbocycles. The van der Waals surface area contributed by atoms with E-state index < -0.39 is 0 Å². The highest BCUT2D eigenvalue weighted by Gasteiger charge is 2.19. The summed E-state index contributed by atoms with van der Waals surface area (Å²) in [6.45, 7) is 6.95. The van der Waals surface area contributed by atoms with Crippen LogP contribution in [0.5, 0.6) is 0 Å². The fourth-order valence-electron chi connectivity index (χ4n) is 4.53. The van der Waals surface area contributed by atoms with Gasteiger partial charge in [-0.2, -0.15) is 0 Å². The van der Waals surface area contributed by atoms with Gasteiger partial charge in [0, 0.05) is 48.5 Å². The summed E-state index contributed by atoms with van der Waals surface area (Å²) in [4.78, 5) is 18.1. The summed E-state index contributed by atoms with van der Waals surface area (Å²) in [5.74, 6) is 0.474. The van der Waals surface area contributed by atoms with E-state index in [0.717, 1.165) is 41.9 Å². The Morgan fingerprint density at radius 1 is 1.16 bits per heavy atom. The number of halogens is 1. The van der Waals surface area contributed by atoms with Crippen LogP contribution in [0, 0.1) is 5.41 Å². The Bertz CT molecular complexity index is 1210. The molecular weight excluding hydrogens is 486 g/mol. The third kappa shape index (κ3) is 7.54. The summed E-state index contributed by atoms with van der Waals surface area (Å²) in [7, 11) is 0. The molecule has 1 amide bonds. The minimum atomic E-state index is -0.163. The molecule has 1 fully saturated rings. The first-order valence-electron chi connectivity index (χ1n) is 12.7. The van der Waals surface area contributed by atoms with Crippen molar-refractivity contribution in [3.8, 4) is 11.1 Å². The minimum absolute atomic E-state index is 0.137. The fraction of sp³-hybridized carbons (Fsp3) is 0.345. The molecule has 3 aromatic rings. The van der Waals surface area contributed by atoms with Crippen LogP contribution in [0.15, 0.2) is 60.8 Å². The first kappa shape index (κ1) is 26.6. The number of benzene rings is 2. The van der Waals surface area contributed by atoms with Crippen LogP contribution in [0.4, 0.5) is 11.5 Å². The number of nitrogens with one attached hydrogen (secondary N) is 3. The largest absolute Gasteiger partial charge is 0.478 e. The van der Waals surface area contributed by atoms with Crippen molar-refractivity contribution in [2.75, 3.05) is 30.3 Å². The maximum atomic E-state index is 11.3. The smallest absolute Gasteiger partial charge is 0.222 e. The van der Waals surface area contributed by atoms with Crippen molar-refractivity contribution in [1.29, 1.82) is 5.41 Å². The standard InChI is InChI=1S/C29H34ClN5O2/c1-20-5-3-14-35(20)15-4-16-37-29(31)26-17-23(24-9-13-28(33-19-24)34-21(2)36)8-12-27(26)32-18-22-6-10-25(30)11-7-22/h6-13,17,19-20,31-32H,3-5,14-16,18H2,1-2H3,(H,33,34,36). The second-order valence-corrected chi connectivity index (χ2v) is 9.85. The highest BCUT2D eigenvalue weighted by atomic mass is 35.5. The van der Waals surface area contributed by atoms with Crippen molar-refractivity contribution >= 4 is 34.9 Å². The molecule has 194 valence electrons. The lowest BCUT2D eigenvalue weighted by atomic mass is 10.0. The molecule has 0 bridgehead atoms. The van der Waals surface area contributed by atoms with Gasteiger partial charge in [0.25, 0.3) is 0 Å². The van der Waals surface area contributed by atoms with Crippen molar-refractivity contribution in [2.24, 2.45) is 0 Å². The molecule has 3 N–H and O–H groups in total. The Morgan fingerprint density at radius 3 is 2.62 bits per heavy atom. The van der Waals surface area contributed by atoms with E-state index in [4.69, 9.17) is 21.7 Å². The van der Waals surface area contributed by atoms with Gasteiger partial charge in [0.05, 0.1) is 12.2 Å². The van der Waals surface area contributed by atoms with Gasteiger partial charge in [-0.25, -0.2) is 4.98 Å². The second kappa shape index (κ2) is 12.7. The molecule has 0 radical (unpaired) electrons. The molecule has 1 aliphatic rings. The molecule has 2 heterocycles. The van der Waals surface area contributed by atoms with E-state index in [9.17, 15) is 4.79 Å². The Hall–Kier alpha value is -3.42. The molecule has 1 aliphatic heterocycles. The molecular formula is C29H34ClN5O2. The summed E-state index contributed by atoms with van der Waals surface area (Å²) < 4.78 is 5.92. The van der Waals surface area contributed by atoms with Gasteiger partial charge in [-0.3, -0.25) is 10.2 Å². The van der Waals surface area contributed by atoms with E-state index in [-0.39, 0.29) is 11.8 Å². The van der Waals surface area contributed by atoms with Crippen LogP contribution >= 0.6 is 11.6 Å². The van der Waals surface area contributed by atoms with Gasteiger partial charge in [-0.1, -0.05) is 29.8 Å². The van der Waals surface area contributed by atoms with Crippen LogP contribution in [-0.2, 0) is 16.1 Å². The Labute approximate surface area is 223 Å². The van der Waals surface area contributed by atoms with Crippen LogP contribution in [0.3, 0.4) is 0 Å². The predicted molar refractivity (Wildman–Crippen MR) is 150 cm³/mol. The van der Waals surface area contributed by atoms with E-state index >= 15 is 0 Å². The monoisotopic (exact) mass is 519 g/mol. The number of anilines is 2. The SMILES string of the molecule is CC(=O)Nc1ccc(-c2ccc(NCc3ccc(Cl)cc3)c(C(=N)OCCCN3CCCC3C)c2)cn1. The molecule has 0 spiro atoms. The first-order valence-corrected chi connectivity index (χ1v) is 13.1. The van der Waals surface area contributed by atoms with Crippen LogP contribution in [-0.4, -0.2) is 47.4 Å². The lowest BCUT2D eigenvalue weighted by Crippen LogP contribution is -2.28. The van der Waals surface area contributed by atoms with E-state index in [1.54, 1.807) is 12.3 Å². The van der Waals surface area contributed by atoms with Gasteiger partial charge >= 0.3 is 0 Å². The minimum Gasteiger partial charge on any atom is -0.478 e. The zero-order valence-corrected chi connectivity index (χ0v) is 22.1. The molecule has 0 aliphatic carbocycles. The molecule has 4 rings (SSSR count). The number of ether oxygens (including phenoxy) is 1. The van der Waals surface area contributed by atoms with E-state index in [1.165, 1.54) is 19.8 Å². The zero-order valence-electron chi connectivity index (χ0n) is 21.4. The third-order valence-electron chi connectivity index (χ3n) is 6.59. The molecule has 1 atom stereocenters. The Morgan fingerprint density at radius 2 is 1.95 bits per heavy atom. The van der Waals surface area contributed by atoms with Gasteiger partial charge in [0.15, 0.2) is 0 Å². The van der Waals surface area contributed by atoms with Gasteiger partial charge in [0.2, 0.25) is 11.8 Å². The summed E-state index contributed by atoms with van der Waals surface area (Å²) in [6, 6.07) is 17.9. The zero-order chi connectivity index (χ0) is 26.2. The summed E-state index contributed by atoms with van der Waals surface area (Å²) in [6.07, 6.45) is 5.11. The molecule has 7 nitrogen and oxygen atoms in total. The maximum absolute atomic E-state index is 11.3. The number of likely N-dealkylation sites (tertiary alicyclic amines) is 1. The van der Waals surface area contributed by atoms with Crippen molar-refractivity contribution < 1.29 is 9.53 Å². The van der Waals surface area contributed by atoms with Crippen molar-refractivity contribution in [3.63, 3.8) is 0 Å². The Balaban J connectivity index is 1.48. The van der Waals surface area contributed by atoms with E-state index in [1.807, 2.05) is 48.5 Å². The number of carbonyl (C=O) groups is 1. The first-order chi connectivity index (χ1) is 17.9. The number of carbonyl (C=O) groups excluding carboxylic acids is 1. The highest BCUT2D eigenvalue weighted by molar-refractivity contribution is 6.30. The summed E-state index contributed by atoms with van der Waals surface area (Å²) >= 11 is 6.02. The molecule has 1 unspecified atom stereocenters. The van der Waals surface area contributed by atoms with E-state index in [0.29, 0.717) is 35.6 Å². The lowest BCUT2D eigenvalue weighted by molar-refractivity contribution is -0.114. The summed E-state index contributed by atoms with van der Waals surface area (Å²) in [5.41, 5.74) is 4.39. The third-order valence-corrected chi connectivity index (χ3v) is 6.84. The van der Waals surface area contributed by atoms with Gasteiger partial charge < -0.3 is 20.3 Å². The summed E-state index contributed by atoms with van der Waals surface area (Å²) in [5, 5.41) is 15.6. The van der Waals surface area contributed by atoms with Crippen molar-refractivity contribution in [1.82, 2.24) is 9.88 Å².